The molecule has 0 atom stereocenters. The van der Waals surface area contributed by atoms with Crippen LogP contribution in [0, 0.1) is 34.0 Å². The first kappa shape index (κ1) is 12.0. The van der Waals surface area contributed by atoms with E-state index in [1.165, 1.54) is 6.33 Å². The number of nitrogens with one attached hydrogen (secondary N) is 1. The lowest BCUT2D eigenvalue weighted by Gasteiger charge is -2.07. The number of aromatic nitrogens is 2. The van der Waals surface area contributed by atoms with Crippen molar-refractivity contribution in [2.24, 2.45) is 0 Å². The highest BCUT2D eigenvalue weighted by atomic mass is 14.9. The highest BCUT2D eigenvalue weighted by Crippen LogP contribution is 2.22. The summed E-state index contributed by atoms with van der Waals surface area (Å²) in [6.45, 7) is 0. The summed E-state index contributed by atoms with van der Waals surface area (Å²) in [5.74, 6) is 0. The predicted molar refractivity (Wildman–Crippen MR) is 67.0 cm³/mol. The minimum atomic E-state index is -0.267. The van der Waals surface area contributed by atoms with Gasteiger partial charge in [0.15, 0.2) is 5.57 Å². The van der Waals surface area contributed by atoms with Gasteiger partial charge in [-0.25, -0.2) is 9.97 Å². The van der Waals surface area contributed by atoms with Crippen molar-refractivity contribution in [2.45, 2.75) is 0 Å². The Balaban J connectivity index is 2.54. The van der Waals surface area contributed by atoms with E-state index in [1.54, 1.807) is 42.6 Å². The van der Waals surface area contributed by atoms with E-state index in [9.17, 15) is 0 Å². The number of hydrogen-bond acceptors (Lipinski definition) is 6. The van der Waals surface area contributed by atoms with Gasteiger partial charge in [0.25, 0.3) is 0 Å². The van der Waals surface area contributed by atoms with Gasteiger partial charge in [-0.05, 0) is 12.1 Å². The number of benzene rings is 1. The van der Waals surface area contributed by atoms with Gasteiger partial charge < -0.3 is 5.32 Å². The number of hydrogen-bond donors (Lipinski definition) is 1. The summed E-state index contributed by atoms with van der Waals surface area (Å²) < 4.78 is 0. The summed E-state index contributed by atoms with van der Waals surface area (Å²) in [7, 11) is 0. The van der Waals surface area contributed by atoms with Crippen LogP contribution in [0.4, 0.5) is 5.69 Å². The van der Waals surface area contributed by atoms with Gasteiger partial charge in [0.05, 0.1) is 11.2 Å². The van der Waals surface area contributed by atoms with Crippen molar-refractivity contribution in [3.05, 3.63) is 42.0 Å². The topological polar surface area (TPSA) is 109 Å². The van der Waals surface area contributed by atoms with E-state index < -0.39 is 0 Å². The molecule has 6 heteroatoms. The first-order valence-electron chi connectivity index (χ1n) is 5.20. The Morgan fingerprint density at radius 2 is 1.89 bits per heavy atom. The Bertz CT molecular complexity index is 764. The van der Waals surface area contributed by atoms with E-state index in [0.29, 0.717) is 16.6 Å². The maximum atomic E-state index is 8.99. The second-order valence-corrected chi connectivity index (χ2v) is 3.47. The fourth-order valence-corrected chi connectivity index (χ4v) is 1.53. The van der Waals surface area contributed by atoms with Crippen molar-refractivity contribution in [1.29, 1.82) is 15.8 Å². The van der Waals surface area contributed by atoms with Crippen LogP contribution in [0.1, 0.15) is 0 Å². The fraction of sp³-hybridized carbons (Fsp3) is 0. The molecule has 0 aliphatic heterocycles. The third-order valence-corrected chi connectivity index (χ3v) is 2.40. The molecule has 0 saturated heterocycles. The number of allylic oxidation sites excluding steroid dienone is 2. The lowest BCUT2D eigenvalue weighted by atomic mass is 10.2. The Hall–Kier alpha value is -3.43. The van der Waals surface area contributed by atoms with E-state index in [-0.39, 0.29) is 11.3 Å². The lowest BCUT2D eigenvalue weighted by Crippen LogP contribution is -2.01. The van der Waals surface area contributed by atoms with E-state index in [1.807, 2.05) is 0 Å². The van der Waals surface area contributed by atoms with Crippen LogP contribution in [0.2, 0.25) is 0 Å². The lowest BCUT2D eigenvalue weighted by molar-refractivity contribution is 1.22. The second kappa shape index (κ2) is 5.27. The van der Waals surface area contributed by atoms with Crippen molar-refractivity contribution >= 4 is 16.6 Å². The first-order valence-corrected chi connectivity index (χ1v) is 5.20. The number of fused-ring (bicyclic) bond motifs is 1. The molecule has 2 rings (SSSR count). The van der Waals surface area contributed by atoms with Gasteiger partial charge in [-0.15, -0.1) is 0 Å². The standard InChI is InChI=1S/C13H6N6/c14-4-9(5-15)13(6-16)19-12-3-1-2-11-10(12)7-17-8-18-11/h1-3,7-8,19H. The monoisotopic (exact) mass is 246 g/mol. The summed E-state index contributed by atoms with van der Waals surface area (Å²) in [5, 5.41) is 30.0. The molecule has 0 unspecified atom stereocenters. The summed E-state index contributed by atoms with van der Waals surface area (Å²) in [6, 6.07) is 10.4. The molecule has 0 aliphatic carbocycles. The van der Waals surface area contributed by atoms with E-state index in [2.05, 4.69) is 15.3 Å². The first-order chi connectivity index (χ1) is 9.30. The Labute approximate surface area is 108 Å². The zero-order valence-electron chi connectivity index (χ0n) is 9.62. The molecule has 88 valence electrons. The molecule has 0 fully saturated rings. The molecule has 0 bridgehead atoms. The fourth-order valence-electron chi connectivity index (χ4n) is 1.53. The van der Waals surface area contributed by atoms with Gasteiger partial charge in [0.1, 0.15) is 30.2 Å². The molecule has 1 heterocycles. The molecule has 0 aliphatic rings. The summed E-state index contributed by atoms with van der Waals surface area (Å²) in [6.07, 6.45) is 3.02. The summed E-state index contributed by atoms with van der Waals surface area (Å²) in [4.78, 5) is 7.99. The minimum Gasteiger partial charge on any atom is -0.345 e. The zero-order valence-corrected chi connectivity index (χ0v) is 9.62. The molecule has 0 spiro atoms. The molecule has 0 radical (unpaired) electrons. The van der Waals surface area contributed by atoms with Crippen LogP contribution in [-0.2, 0) is 0 Å². The Kier molecular flexibility index (Phi) is 3.34. The molecule has 1 N–H and O–H groups in total. The van der Waals surface area contributed by atoms with Crippen LogP contribution in [0.25, 0.3) is 10.9 Å². The van der Waals surface area contributed by atoms with Crippen molar-refractivity contribution < 1.29 is 0 Å². The van der Waals surface area contributed by atoms with E-state index >= 15 is 0 Å². The highest BCUT2D eigenvalue weighted by Gasteiger charge is 2.08. The quantitative estimate of drug-likeness (QED) is 0.810. The Morgan fingerprint density at radius 3 is 2.58 bits per heavy atom. The van der Waals surface area contributed by atoms with Crippen molar-refractivity contribution in [3.63, 3.8) is 0 Å². The largest absolute Gasteiger partial charge is 0.345 e. The second-order valence-electron chi connectivity index (χ2n) is 3.47. The number of nitriles is 3. The summed E-state index contributed by atoms with van der Waals surface area (Å²) in [5.41, 5.74) is 0.906. The maximum absolute atomic E-state index is 8.99. The Morgan fingerprint density at radius 1 is 1.11 bits per heavy atom. The average Bonchev–Trinajstić information content (AvgIpc) is 2.47. The molecule has 1 aromatic carbocycles. The molecular weight excluding hydrogens is 240 g/mol. The van der Waals surface area contributed by atoms with E-state index in [0.717, 1.165) is 0 Å². The van der Waals surface area contributed by atoms with Crippen molar-refractivity contribution in [2.75, 3.05) is 5.32 Å². The molecular formula is C13H6N6. The normalized spacial score (nSPS) is 8.89. The van der Waals surface area contributed by atoms with Crippen LogP contribution < -0.4 is 5.32 Å². The number of rotatable bonds is 2. The number of anilines is 1. The van der Waals surface area contributed by atoms with Gasteiger partial charge in [-0.1, -0.05) is 6.07 Å². The van der Waals surface area contributed by atoms with Crippen molar-refractivity contribution in [1.82, 2.24) is 9.97 Å². The third-order valence-electron chi connectivity index (χ3n) is 2.40. The molecule has 2 aromatic rings. The highest BCUT2D eigenvalue weighted by molar-refractivity contribution is 5.91. The van der Waals surface area contributed by atoms with Crippen molar-refractivity contribution in [3.8, 4) is 18.2 Å². The van der Waals surface area contributed by atoms with E-state index in [4.69, 9.17) is 15.8 Å². The smallest absolute Gasteiger partial charge is 0.163 e. The minimum absolute atomic E-state index is 0.0960. The number of nitrogens with zero attached hydrogens (tertiary/aromatic N) is 5. The molecule has 1 aromatic heterocycles. The summed E-state index contributed by atoms with van der Waals surface area (Å²) >= 11 is 0. The third kappa shape index (κ3) is 2.31. The molecule has 0 amide bonds. The molecule has 6 nitrogen and oxygen atoms in total. The maximum Gasteiger partial charge on any atom is 0.163 e. The van der Waals surface area contributed by atoms with Gasteiger partial charge in [-0.3, -0.25) is 0 Å². The van der Waals surface area contributed by atoms with Crippen LogP contribution in [0.3, 0.4) is 0 Å². The molecule has 0 saturated carbocycles. The average molecular weight is 246 g/mol. The van der Waals surface area contributed by atoms with Crippen LogP contribution in [0.15, 0.2) is 42.0 Å². The molecule has 19 heavy (non-hydrogen) atoms. The predicted octanol–water partition coefficient (Wildman–Crippen LogP) is 1.87. The van der Waals surface area contributed by atoms with Gasteiger partial charge in [0, 0.05) is 11.6 Å². The van der Waals surface area contributed by atoms with Gasteiger partial charge in [-0.2, -0.15) is 15.8 Å². The SMILES string of the molecule is N#CC(C#N)=C(C#N)Nc1cccc2ncncc12. The zero-order chi connectivity index (χ0) is 13.7. The van der Waals surface area contributed by atoms with Crippen LogP contribution in [0.5, 0.6) is 0 Å². The van der Waals surface area contributed by atoms with Gasteiger partial charge >= 0.3 is 0 Å². The van der Waals surface area contributed by atoms with Gasteiger partial charge in [0.2, 0.25) is 0 Å². The van der Waals surface area contributed by atoms with Crippen LogP contribution >= 0.6 is 0 Å². The van der Waals surface area contributed by atoms with Crippen LogP contribution in [-0.4, -0.2) is 9.97 Å².